The quantitative estimate of drug-likeness (QED) is 0.538. The molecule has 7 nitrogen and oxygen atoms in total. The Balaban J connectivity index is 0.00000109. The minimum absolute atomic E-state index is 0.607. The fraction of sp³-hybridized carbons (Fsp3) is 0.238. The summed E-state index contributed by atoms with van der Waals surface area (Å²) in [5.41, 5.74) is 4.44. The molecule has 0 fully saturated rings. The van der Waals surface area contributed by atoms with Crippen LogP contribution in [-0.4, -0.2) is 32.0 Å². The van der Waals surface area contributed by atoms with Gasteiger partial charge in [-0.1, -0.05) is 32.0 Å². The second kappa shape index (κ2) is 8.94. The Kier molecular flexibility index (Phi) is 6.16. The number of hydrogen-bond acceptors (Lipinski definition) is 6. The van der Waals surface area contributed by atoms with Crippen molar-refractivity contribution in [2.45, 2.75) is 27.3 Å². The number of imidazole rings is 1. The van der Waals surface area contributed by atoms with E-state index in [0.29, 0.717) is 18.0 Å². The van der Waals surface area contributed by atoms with Crippen molar-refractivity contribution in [2.24, 2.45) is 0 Å². The normalized spacial score (nSPS) is 10.3. The first-order valence-corrected chi connectivity index (χ1v) is 9.24. The fourth-order valence-electron chi connectivity index (χ4n) is 2.74. The van der Waals surface area contributed by atoms with E-state index in [1.54, 1.807) is 13.4 Å². The van der Waals surface area contributed by atoms with Crippen LogP contribution in [0.4, 0.5) is 5.82 Å². The summed E-state index contributed by atoms with van der Waals surface area (Å²) in [7, 11) is 1.66. The highest BCUT2D eigenvalue weighted by Gasteiger charge is 2.08. The Morgan fingerprint density at radius 3 is 2.68 bits per heavy atom. The first kappa shape index (κ1) is 19.3. The molecule has 4 rings (SSSR count). The number of hydrogen-bond donors (Lipinski definition) is 2. The first-order valence-electron chi connectivity index (χ1n) is 9.24. The summed E-state index contributed by atoms with van der Waals surface area (Å²) in [5, 5.41) is 3.33. The molecule has 28 heavy (non-hydrogen) atoms. The fourth-order valence-corrected chi connectivity index (χ4v) is 2.74. The molecule has 4 aromatic rings. The van der Waals surface area contributed by atoms with E-state index in [4.69, 9.17) is 4.74 Å². The maximum absolute atomic E-state index is 5.27. The number of aromatic nitrogens is 5. The van der Waals surface area contributed by atoms with E-state index in [1.165, 1.54) is 0 Å². The standard InChI is InChI=1S/C19H18N6O.C2H6/c1-12-24-18(17-19(25-12)23-11-22-17)21-10-13-6-7-16(20-9-13)14-4-3-5-15(8-14)26-2;1-2/h3-9,11H,10H2,1-2H3,(H2,21,22,23,24,25);1-2H3. The van der Waals surface area contributed by atoms with E-state index in [-0.39, 0.29) is 0 Å². The van der Waals surface area contributed by atoms with Gasteiger partial charge in [0.1, 0.15) is 17.1 Å². The maximum atomic E-state index is 5.27. The van der Waals surface area contributed by atoms with Gasteiger partial charge >= 0.3 is 0 Å². The lowest BCUT2D eigenvalue weighted by Crippen LogP contribution is -2.04. The third-order valence-electron chi connectivity index (χ3n) is 4.05. The van der Waals surface area contributed by atoms with Gasteiger partial charge in [0.05, 0.1) is 19.1 Å². The van der Waals surface area contributed by atoms with Crippen molar-refractivity contribution in [3.05, 3.63) is 60.3 Å². The van der Waals surface area contributed by atoms with Crippen LogP contribution in [0.3, 0.4) is 0 Å². The number of benzene rings is 1. The van der Waals surface area contributed by atoms with Crippen molar-refractivity contribution < 1.29 is 4.74 Å². The van der Waals surface area contributed by atoms with Crippen molar-refractivity contribution >= 4 is 17.0 Å². The first-order chi connectivity index (χ1) is 13.7. The molecule has 0 radical (unpaired) electrons. The van der Waals surface area contributed by atoms with Crippen LogP contribution in [-0.2, 0) is 6.54 Å². The monoisotopic (exact) mass is 376 g/mol. The molecule has 0 aliphatic rings. The molecular weight excluding hydrogens is 352 g/mol. The van der Waals surface area contributed by atoms with Crippen LogP contribution >= 0.6 is 0 Å². The number of nitrogens with zero attached hydrogens (tertiary/aromatic N) is 4. The van der Waals surface area contributed by atoms with E-state index in [1.807, 2.05) is 63.4 Å². The molecule has 0 atom stereocenters. The van der Waals surface area contributed by atoms with Crippen molar-refractivity contribution in [1.82, 2.24) is 24.9 Å². The van der Waals surface area contributed by atoms with Crippen LogP contribution in [0.5, 0.6) is 5.75 Å². The number of ether oxygens (including phenoxy) is 1. The number of pyridine rings is 1. The number of methoxy groups -OCH3 is 1. The Labute approximate surface area is 164 Å². The van der Waals surface area contributed by atoms with Gasteiger partial charge in [0.15, 0.2) is 11.5 Å². The van der Waals surface area contributed by atoms with Gasteiger partial charge in [-0.25, -0.2) is 15.0 Å². The zero-order chi connectivity index (χ0) is 19.9. The molecule has 1 aromatic carbocycles. The Bertz CT molecular complexity index is 1040. The highest BCUT2D eigenvalue weighted by Crippen LogP contribution is 2.22. The lowest BCUT2D eigenvalue weighted by molar-refractivity contribution is 0.415. The summed E-state index contributed by atoms with van der Waals surface area (Å²) in [6.45, 7) is 6.46. The van der Waals surface area contributed by atoms with Crippen LogP contribution in [0.2, 0.25) is 0 Å². The molecule has 0 unspecified atom stereocenters. The van der Waals surface area contributed by atoms with E-state index in [2.05, 4.69) is 30.2 Å². The van der Waals surface area contributed by atoms with Gasteiger partial charge in [0.2, 0.25) is 0 Å². The average Bonchev–Trinajstić information content (AvgIpc) is 3.22. The molecule has 3 heterocycles. The Hall–Kier alpha value is -3.48. The summed E-state index contributed by atoms with van der Waals surface area (Å²) < 4.78 is 5.27. The molecular formula is C21H24N6O. The zero-order valence-corrected chi connectivity index (χ0v) is 16.5. The Morgan fingerprint density at radius 2 is 1.93 bits per heavy atom. The van der Waals surface area contributed by atoms with Crippen molar-refractivity contribution in [3.8, 4) is 17.0 Å². The molecule has 0 saturated heterocycles. The summed E-state index contributed by atoms with van der Waals surface area (Å²) in [4.78, 5) is 20.5. The topological polar surface area (TPSA) is 88.6 Å². The van der Waals surface area contributed by atoms with E-state index in [9.17, 15) is 0 Å². The minimum Gasteiger partial charge on any atom is -0.497 e. The van der Waals surface area contributed by atoms with Gasteiger partial charge in [-0.05, 0) is 30.7 Å². The highest BCUT2D eigenvalue weighted by molar-refractivity contribution is 5.82. The second-order valence-electron chi connectivity index (χ2n) is 5.86. The molecule has 0 aliphatic heterocycles. The molecule has 3 aromatic heterocycles. The molecule has 2 N–H and O–H groups in total. The molecule has 144 valence electrons. The second-order valence-corrected chi connectivity index (χ2v) is 5.86. The van der Waals surface area contributed by atoms with Crippen molar-refractivity contribution in [1.29, 1.82) is 0 Å². The van der Waals surface area contributed by atoms with Crippen LogP contribution in [0, 0.1) is 6.92 Å². The largest absolute Gasteiger partial charge is 0.497 e. The number of aryl methyl sites for hydroxylation is 1. The summed E-state index contributed by atoms with van der Waals surface area (Å²) in [6, 6.07) is 11.9. The molecule has 0 saturated carbocycles. The predicted molar refractivity (Wildman–Crippen MR) is 111 cm³/mol. The maximum Gasteiger partial charge on any atom is 0.183 e. The number of rotatable bonds is 5. The average molecular weight is 376 g/mol. The number of anilines is 1. The zero-order valence-electron chi connectivity index (χ0n) is 16.5. The van der Waals surface area contributed by atoms with E-state index in [0.717, 1.165) is 33.9 Å². The molecule has 0 aliphatic carbocycles. The summed E-state index contributed by atoms with van der Waals surface area (Å²) in [5.74, 6) is 2.23. The van der Waals surface area contributed by atoms with Crippen LogP contribution in [0.25, 0.3) is 22.4 Å². The number of nitrogens with one attached hydrogen (secondary N) is 2. The molecule has 0 bridgehead atoms. The SMILES string of the molecule is CC.COc1cccc(-c2ccc(CNc3nc(C)nc4nc[nH]c34)cn2)c1. The van der Waals surface area contributed by atoms with Crippen LogP contribution in [0.1, 0.15) is 25.2 Å². The van der Waals surface area contributed by atoms with Gasteiger partial charge in [0, 0.05) is 18.3 Å². The molecule has 0 amide bonds. The highest BCUT2D eigenvalue weighted by atomic mass is 16.5. The van der Waals surface area contributed by atoms with Gasteiger partial charge in [-0.3, -0.25) is 4.98 Å². The van der Waals surface area contributed by atoms with Gasteiger partial charge < -0.3 is 15.0 Å². The number of fused-ring (bicyclic) bond motifs is 1. The van der Waals surface area contributed by atoms with Gasteiger partial charge in [0.25, 0.3) is 0 Å². The third-order valence-corrected chi connectivity index (χ3v) is 4.05. The van der Waals surface area contributed by atoms with Gasteiger partial charge in [-0.2, -0.15) is 0 Å². The Morgan fingerprint density at radius 1 is 1.07 bits per heavy atom. The van der Waals surface area contributed by atoms with E-state index < -0.39 is 0 Å². The van der Waals surface area contributed by atoms with Crippen molar-refractivity contribution in [3.63, 3.8) is 0 Å². The number of aromatic amines is 1. The lowest BCUT2D eigenvalue weighted by atomic mass is 10.1. The van der Waals surface area contributed by atoms with Gasteiger partial charge in [-0.15, -0.1) is 0 Å². The van der Waals surface area contributed by atoms with Crippen molar-refractivity contribution in [2.75, 3.05) is 12.4 Å². The molecule has 7 heteroatoms. The number of H-pyrrole nitrogens is 1. The smallest absolute Gasteiger partial charge is 0.183 e. The summed E-state index contributed by atoms with van der Waals surface area (Å²) >= 11 is 0. The van der Waals surface area contributed by atoms with E-state index >= 15 is 0 Å². The van der Waals surface area contributed by atoms with Crippen LogP contribution < -0.4 is 10.1 Å². The lowest BCUT2D eigenvalue weighted by Gasteiger charge is -2.08. The van der Waals surface area contributed by atoms with Crippen LogP contribution in [0.15, 0.2) is 48.9 Å². The third kappa shape index (κ3) is 4.25. The molecule has 0 spiro atoms. The summed E-state index contributed by atoms with van der Waals surface area (Å²) in [6.07, 6.45) is 3.48. The predicted octanol–water partition coefficient (Wildman–Crippen LogP) is 4.37. The minimum atomic E-state index is 0.607.